The van der Waals surface area contributed by atoms with Crippen LogP contribution in [0.1, 0.15) is 5.69 Å². The summed E-state index contributed by atoms with van der Waals surface area (Å²) in [5.41, 5.74) is 8.29. The van der Waals surface area contributed by atoms with Gasteiger partial charge in [0.05, 0.1) is 17.6 Å². The number of anilines is 1. The first-order valence-corrected chi connectivity index (χ1v) is 4.78. The normalized spacial score (nSPS) is 36.5. The quantitative estimate of drug-likeness (QED) is 0.641. The average Bonchev–Trinajstić information content (AvgIpc) is 2.61. The molecular formula is C9H14N4. The molecule has 1 aliphatic heterocycles. The number of hydrogen-bond donors (Lipinski definition) is 2. The van der Waals surface area contributed by atoms with E-state index < -0.39 is 0 Å². The van der Waals surface area contributed by atoms with Gasteiger partial charge in [0.25, 0.3) is 0 Å². The van der Waals surface area contributed by atoms with E-state index in [0.29, 0.717) is 6.04 Å². The molecule has 0 amide bonds. The predicted molar refractivity (Wildman–Crippen MR) is 50.5 cm³/mol. The number of nitrogens with zero attached hydrogens (tertiary/aromatic N) is 2. The summed E-state index contributed by atoms with van der Waals surface area (Å²) >= 11 is 0. The van der Waals surface area contributed by atoms with E-state index >= 15 is 0 Å². The summed E-state index contributed by atoms with van der Waals surface area (Å²) in [4.78, 5) is 2.39. The highest BCUT2D eigenvalue weighted by molar-refractivity contribution is 5.51. The van der Waals surface area contributed by atoms with E-state index in [1.165, 1.54) is 5.69 Å². The van der Waals surface area contributed by atoms with Gasteiger partial charge in [-0.15, -0.1) is 0 Å². The Morgan fingerprint density at radius 2 is 2.23 bits per heavy atom. The highest BCUT2D eigenvalue weighted by Gasteiger charge is 2.53. The lowest BCUT2D eigenvalue weighted by Gasteiger charge is -2.19. The van der Waals surface area contributed by atoms with Crippen LogP contribution in [-0.2, 0) is 0 Å². The second-order valence-electron chi connectivity index (χ2n) is 4.19. The second-order valence-corrected chi connectivity index (χ2v) is 4.19. The van der Waals surface area contributed by atoms with Crippen molar-refractivity contribution in [3.8, 4) is 0 Å². The highest BCUT2D eigenvalue weighted by atomic mass is 15.2. The van der Waals surface area contributed by atoms with Gasteiger partial charge < -0.3 is 10.6 Å². The van der Waals surface area contributed by atoms with Gasteiger partial charge in [0.2, 0.25) is 0 Å². The molecule has 2 fully saturated rings. The average molecular weight is 178 g/mol. The molecule has 2 unspecified atom stereocenters. The number of H-pyrrole nitrogens is 1. The van der Waals surface area contributed by atoms with E-state index in [0.717, 1.165) is 30.6 Å². The van der Waals surface area contributed by atoms with Crippen LogP contribution < -0.4 is 10.6 Å². The van der Waals surface area contributed by atoms with Crippen LogP contribution in [0.4, 0.5) is 5.69 Å². The standard InChI is InChI=1S/C9H14N4/c1-5-8(2-11-12-5)13-3-6-7(4-13)9(6)10/h2,6-7,9H,3-4,10H2,1H3,(H,11,12). The fourth-order valence-electron chi connectivity index (χ4n) is 2.43. The second kappa shape index (κ2) is 2.26. The molecule has 3 rings (SSSR count). The van der Waals surface area contributed by atoms with Crippen molar-refractivity contribution in [3.63, 3.8) is 0 Å². The summed E-state index contributed by atoms with van der Waals surface area (Å²) < 4.78 is 0. The molecule has 70 valence electrons. The Labute approximate surface area is 77.1 Å². The zero-order chi connectivity index (χ0) is 9.00. The topological polar surface area (TPSA) is 57.9 Å². The number of aromatic nitrogens is 2. The fourth-order valence-corrected chi connectivity index (χ4v) is 2.43. The Morgan fingerprint density at radius 3 is 2.77 bits per heavy atom. The zero-order valence-electron chi connectivity index (χ0n) is 7.70. The van der Waals surface area contributed by atoms with Crippen molar-refractivity contribution in [3.05, 3.63) is 11.9 Å². The van der Waals surface area contributed by atoms with Gasteiger partial charge >= 0.3 is 0 Å². The lowest BCUT2D eigenvalue weighted by atomic mass is 10.3. The van der Waals surface area contributed by atoms with Gasteiger partial charge in [-0.25, -0.2) is 0 Å². The smallest absolute Gasteiger partial charge is 0.0779 e. The van der Waals surface area contributed by atoms with Crippen LogP contribution in [0.25, 0.3) is 0 Å². The Balaban J connectivity index is 1.80. The lowest BCUT2D eigenvalue weighted by molar-refractivity contribution is 0.742. The summed E-state index contributed by atoms with van der Waals surface area (Å²) in [7, 11) is 0. The molecule has 13 heavy (non-hydrogen) atoms. The number of fused-ring (bicyclic) bond motifs is 1. The minimum absolute atomic E-state index is 0.475. The molecule has 2 aliphatic rings. The van der Waals surface area contributed by atoms with E-state index in [2.05, 4.69) is 22.0 Å². The maximum atomic E-state index is 5.88. The predicted octanol–water partition coefficient (Wildman–Crippen LogP) is 0.111. The van der Waals surface area contributed by atoms with Crippen molar-refractivity contribution >= 4 is 5.69 Å². The molecule has 1 saturated heterocycles. The van der Waals surface area contributed by atoms with Crippen LogP contribution in [0.15, 0.2) is 6.20 Å². The third kappa shape index (κ3) is 0.920. The van der Waals surface area contributed by atoms with Gasteiger partial charge in [0, 0.05) is 19.1 Å². The molecule has 2 heterocycles. The number of rotatable bonds is 1. The lowest BCUT2D eigenvalue weighted by Crippen LogP contribution is -2.28. The van der Waals surface area contributed by atoms with Crippen LogP contribution in [0.3, 0.4) is 0 Å². The summed E-state index contributed by atoms with van der Waals surface area (Å²) in [5.74, 6) is 1.49. The molecule has 1 saturated carbocycles. The zero-order valence-corrected chi connectivity index (χ0v) is 7.70. The summed E-state index contributed by atoms with van der Waals surface area (Å²) in [6, 6.07) is 0.475. The number of hydrogen-bond acceptors (Lipinski definition) is 3. The first-order valence-electron chi connectivity index (χ1n) is 4.78. The molecule has 4 nitrogen and oxygen atoms in total. The van der Waals surface area contributed by atoms with Crippen LogP contribution in [-0.4, -0.2) is 29.3 Å². The molecule has 1 aromatic heterocycles. The first-order chi connectivity index (χ1) is 6.27. The maximum absolute atomic E-state index is 5.88. The van der Waals surface area contributed by atoms with Gasteiger partial charge in [-0.2, -0.15) is 5.10 Å². The molecule has 2 atom stereocenters. The Morgan fingerprint density at radius 1 is 1.54 bits per heavy atom. The molecule has 0 bridgehead atoms. The van der Waals surface area contributed by atoms with Crippen molar-refractivity contribution in [1.82, 2.24) is 10.2 Å². The number of aryl methyl sites for hydroxylation is 1. The van der Waals surface area contributed by atoms with Crippen molar-refractivity contribution < 1.29 is 0 Å². The van der Waals surface area contributed by atoms with Crippen molar-refractivity contribution in [1.29, 1.82) is 0 Å². The third-order valence-corrected chi connectivity index (χ3v) is 3.40. The van der Waals surface area contributed by atoms with Gasteiger partial charge in [-0.1, -0.05) is 0 Å². The number of nitrogens with two attached hydrogens (primary N) is 1. The Kier molecular flexibility index (Phi) is 1.28. The van der Waals surface area contributed by atoms with Crippen LogP contribution in [0.2, 0.25) is 0 Å². The number of nitrogens with one attached hydrogen (secondary N) is 1. The van der Waals surface area contributed by atoms with Crippen molar-refractivity contribution in [2.45, 2.75) is 13.0 Å². The number of piperidine rings is 1. The van der Waals surface area contributed by atoms with Crippen molar-refractivity contribution in [2.75, 3.05) is 18.0 Å². The molecule has 1 aromatic rings. The third-order valence-electron chi connectivity index (χ3n) is 3.40. The minimum atomic E-state index is 0.475. The molecule has 0 spiro atoms. The van der Waals surface area contributed by atoms with Gasteiger partial charge in [0.1, 0.15) is 0 Å². The van der Waals surface area contributed by atoms with Gasteiger partial charge in [-0.05, 0) is 18.8 Å². The molecule has 4 heteroatoms. The van der Waals surface area contributed by atoms with E-state index in [1.54, 1.807) is 0 Å². The van der Waals surface area contributed by atoms with E-state index in [-0.39, 0.29) is 0 Å². The Bertz CT molecular complexity index is 320. The molecule has 1 aliphatic carbocycles. The van der Waals surface area contributed by atoms with E-state index in [9.17, 15) is 0 Å². The maximum Gasteiger partial charge on any atom is 0.0779 e. The largest absolute Gasteiger partial charge is 0.368 e. The SMILES string of the molecule is Cc1[nH]ncc1N1CC2C(N)C2C1. The van der Waals surface area contributed by atoms with E-state index in [4.69, 9.17) is 5.73 Å². The van der Waals surface area contributed by atoms with Gasteiger partial charge in [0.15, 0.2) is 0 Å². The number of aromatic amines is 1. The summed E-state index contributed by atoms with van der Waals surface area (Å²) in [5, 5.41) is 6.99. The highest BCUT2D eigenvalue weighted by Crippen LogP contribution is 2.45. The van der Waals surface area contributed by atoms with Crippen LogP contribution >= 0.6 is 0 Å². The molecule has 0 aromatic carbocycles. The van der Waals surface area contributed by atoms with Gasteiger partial charge in [-0.3, -0.25) is 5.10 Å². The molecular weight excluding hydrogens is 164 g/mol. The summed E-state index contributed by atoms with van der Waals surface area (Å²) in [6.07, 6.45) is 1.91. The summed E-state index contributed by atoms with van der Waals surface area (Å²) in [6.45, 7) is 4.30. The minimum Gasteiger partial charge on any atom is -0.368 e. The van der Waals surface area contributed by atoms with Crippen molar-refractivity contribution in [2.24, 2.45) is 17.6 Å². The first kappa shape index (κ1) is 7.38. The molecule has 3 N–H and O–H groups in total. The van der Waals surface area contributed by atoms with Crippen LogP contribution in [0.5, 0.6) is 0 Å². The Hall–Kier alpha value is -1.03. The monoisotopic (exact) mass is 178 g/mol. The van der Waals surface area contributed by atoms with E-state index in [1.807, 2.05) is 6.20 Å². The van der Waals surface area contributed by atoms with Crippen LogP contribution in [0, 0.1) is 18.8 Å². The fraction of sp³-hybridized carbons (Fsp3) is 0.667. The molecule has 0 radical (unpaired) electrons.